The maximum Gasteiger partial charge on any atom is 0.273 e. The van der Waals surface area contributed by atoms with E-state index in [2.05, 4.69) is 20.8 Å². The van der Waals surface area contributed by atoms with E-state index in [4.69, 9.17) is 0 Å². The van der Waals surface area contributed by atoms with E-state index in [1.54, 1.807) is 12.1 Å². The summed E-state index contributed by atoms with van der Waals surface area (Å²) in [5.41, 5.74) is 0.830. The molecule has 6 heteroatoms. The molecule has 0 saturated carbocycles. The molecule has 1 heterocycles. The van der Waals surface area contributed by atoms with Crippen LogP contribution in [0, 0.1) is 10.1 Å². The van der Waals surface area contributed by atoms with Crippen molar-refractivity contribution < 1.29 is 10.0 Å². The Balaban J connectivity index is 2.22. The number of aliphatic hydroxyl groups is 1. The number of aliphatic hydroxyl groups excluding tert-OH is 1. The average molecular weight is 315 g/mol. The highest BCUT2D eigenvalue weighted by molar-refractivity contribution is 9.10. The summed E-state index contributed by atoms with van der Waals surface area (Å²) in [5, 5.41) is 20.2. The predicted octanol–water partition coefficient (Wildman–Crippen LogP) is 2.31. The van der Waals surface area contributed by atoms with E-state index in [0.29, 0.717) is 12.1 Å². The van der Waals surface area contributed by atoms with Crippen LogP contribution in [0.1, 0.15) is 18.4 Å². The van der Waals surface area contributed by atoms with Gasteiger partial charge in [-0.2, -0.15) is 0 Å². The maximum atomic E-state index is 11.0. The van der Waals surface area contributed by atoms with Crippen LogP contribution in [0.15, 0.2) is 22.7 Å². The van der Waals surface area contributed by atoms with Crippen LogP contribution in [-0.4, -0.2) is 34.1 Å². The molecule has 1 aromatic rings. The summed E-state index contributed by atoms with van der Waals surface area (Å²) in [5.74, 6) is 0. The molecule has 1 aliphatic rings. The van der Waals surface area contributed by atoms with Crippen molar-refractivity contribution in [2.75, 3.05) is 13.2 Å². The van der Waals surface area contributed by atoms with Gasteiger partial charge in [-0.3, -0.25) is 15.0 Å². The van der Waals surface area contributed by atoms with E-state index in [0.717, 1.165) is 23.9 Å². The Kier molecular flexibility index (Phi) is 4.31. The highest BCUT2D eigenvalue weighted by atomic mass is 79.9. The molecular weight excluding hydrogens is 300 g/mol. The Morgan fingerprint density at radius 3 is 3.00 bits per heavy atom. The summed E-state index contributed by atoms with van der Waals surface area (Å²) in [6.45, 7) is 1.51. The standard InChI is InChI=1S/C12H15BrN2O3/c13-10-3-4-12(15(17)18)9(6-10)7-14-5-1-2-11(14)8-16/h3-4,6,11,16H,1-2,5,7-8H2/t11-/m1/s1. The van der Waals surface area contributed by atoms with Gasteiger partial charge in [-0.1, -0.05) is 15.9 Å². The van der Waals surface area contributed by atoms with Crippen molar-refractivity contribution in [1.82, 2.24) is 4.90 Å². The summed E-state index contributed by atoms with van der Waals surface area (Å²) in [6, 6.07) is 5.10. The second-order valence-corrected chi connectivity index (χ2v) is 5.39. The number of likely N-dealkylation sites (tertiary alicyclic amines) is 1. The molecule has 0 amide bonds. The van der Waals surface area contributed by atoms with Crippen molar-refractivity contribution in [2.24, 2.45) is 0 Å². The Morgan fingerprint density at radius 1 is 1.56 bits per heavy atom. The molecule has 0 radical (unpaired) electrons. The number of halogens is 1. The smallest absolute Gasteiger partial charge is 0.273 e. The summed E-state index contributed by atoms with van der Waals surface area (Å²) < 4.78 is 0.836. The fraction of sp³-hybridized carbons (Fsp3) is 0.500. The Morgan fingerprint density at radius 2 is 2.33 bits per heavy atom. The molecule has 0 aliphatic carbocycles. The maximum absolute atomic E-state index is 11.0. The molecule has 98 valence electrons. The number of hydrogen-bond donors (Lipinski definition) is 1. The van der Waals surface area contributed by atoms with Crippen LogP contribution in [0.2, 0.25) is 0 Å². The van der Waals surface area contributed by atoms with Crippen molar-refractivity contribution in [2.45, 2.75) is 25.4 Å². The van der Waals surface area contributed by atoms with Crippen molar-refractivity contribution >= 4 is 21.6 Å². The minimum atomic E-state index is -0.355. The fourth-order valence-corrected chi connectivity index (χ4v) is 2.80. The molecule has 1 aliphatic heterocycles. The number of benzene rings is 1. The van der Waals surface area contributed by atoms with Crippen LogP contribution in [0.3, 0.4) is 0 Å². The zero-order chi connectivity index (χ0) is 13.1. The summed E-state index contributed by atoms with van der Waals surface area (Å²) in [4.78, 5) is 12.7. The largest absolute Gasteiger partial charge is 0.395 e. The lowest BCUT2D eigenvalue weighted by atomic mass is 10.1. The molecule has 1 fully saturated rings. The van der Waals surface area contributed by atoms with Gasteiger partial charge in [0.1, 0.15) is 0 Å². The van der Waals surface area contributed by atoms with Gasteiger partial charge >= 0.3 is 0 Å². The first-order chi connectivity index (χ1) is 8.61. The second-order valence-electron chi connectivity index (χ2n) is 4.48. The average Bonchev–Trinajstić information content (AvgIpc) is 2.76. The van der Waals surface area contributed by atoms with Gasteiger partial charge < -0.3 is 5.11 Å². The third-order valence-electron chi connectivity index (χ3n) is 3.32. The van der Waals surface area contributed by atoms with Gasteiger partial charge in [0.2, 0.25) is 0 Å². The Hall–Kier alpha value is -0.980. The van der Waals surface area contributed by atoms with Gasteiger partial charge in [-0.05, 0) is 31.5 Å². The monoisotopic (exact) mass is 314 g/mol. The van der Waals surface area contributed by atoms with E-state index in [9.17, 15) is 15.2 Å². The van der Waals surface area contributed by atoms with Crippen LogP contribution in [0.5, 0.6) is 0 Å². The third-order valence-corrected chi connectivity index (χ3v) is 3.81. The Bertz CT molecular complexity index is 453. The first-order valence-corrected chi connectivity index (χ1v) is 6.69. The number of nitro groups is 1. The van der Waals surface area contributed by atoms with Crippen molar-refractivity contribution in [3.05, 3.63) is 38.3 Å². The highest BCUT2D eigenvalue weighted by Crippen LogP contribution is 2.27. The van der Waals surface area contributed by atoms with Crippen LogP contribution >= 0.6 is 15.9 Å². The lowest BCUT2D eigenvalue weighted by molar-refractivity contribution is -0.385. The quantitative estimate of drug-likeness (QED) is 0.684. The number of nitro benzene ring substituents is 1. The number of nitrogens with zero attached hydrogens (tertiary/aromatic N) is 2. The van der Waals surface area contributed by atoms with Crippen LogP contribution < -0.4 is 0 Å². The lowest BCUT2D eigenvalue weighted by Crippen LogP contribution is -2.31. The first-order valence-electron chi connectivity index (χ1n) is 5.89. The molecule has 1 atom stereocenters. The van der Waals surface area contributed by atoms with Crippen LogP contribution in [-0.2, 0) is 6.54 Å². The second kappa shape index (κ2) is 5.77. The van der Waals surface area contributed by atoms with E-state index in [1.165, 1.54) is 6.07 Å². The summed E-state index contributed by atoms with van der Waals surface area (Å²) >= 11 is 3.34. The fourth-order valence-electron chi connectivity index (χ4n) is 2.39. The predicted molar refractivity (Wildman–Crippen MR) is 71.3 cm³/mol. The number of hydrogen-bond acceptors (Lipinski definition) is 4. The van der Waals surface area contributed by atoms with Gasteiger partial charge in [-0.15, -0.1) is 0 Å². The highest BCUT2D eigenvalue weighted by Gasteiger charge is 2.26. The van der Waals surface area contributed by atoms with E-state index >= 15 is 0 Å². The molecule has 5 nitrogen and oxygen atoms in total. The molecule has 2 rings (SSSR count). The molecule has 0 bridgehead atoms. The minimum absolute atomic E-state index is 0.113. The van der Waals surface area contributed by atoms with Gasteiger partial charge in [0.25, 0.3) is 5.69 Å². The third kappa shape index (κ3) is 2.88. The van der Waals surface area contributed by atoms with E-state index in [1.807, 2.05) is 0 Å². The zero-order valence-corrected chi connectivity index (χ0v) is 11.5. The molecular formula is C12H15BrN2O3. The molecule has 0 unspecified atom stereocenters. The van der Waals surface area contributed by atoms with Crippen LogP contribution in [0.4, 0.5) is 5.69 Å². The van der Waals surface area contributed by atoms with Crippen molar-refractivity contribution in [1.29, 1.82) is 0 Å². The van der Waals surface area contributed by atoms with Gasteiger partial charge in [0, 0.05) is 28.7 Å². The molecule has 0 spiro atoms. The Labute approximate surface area is 114 Å². The lowest BCUT2D eigenvalue weighted by Gasteiger charge is -2.22. The summed E-state index contributed by atoms with van der Waals surface area (Å²) in [6.07, 6.45) is 1.99. The minimum Gasteiger partial charge on any atom is -0.395 e. The zero-order valence-electron chi connectivity index (χ0n) is 9.88. The molecule has 1 saturated heterocycles. The first kappa shape index (κ1) is 13.5. The normalized spacial score (nSPS) is 20.2. The van der Waals surface area contributed by atoms with Crippen molar-refractivity contribution in [3.63, 3.8) is 0 Å². The van der Waals surface area contributed by atoms with Gasteiger partial charge in [-0.25, -0.2) is 0 Å². The summed E-state index contributed by atoms with van der Waals surface area (Å²) in [7, 11) is 0. The van der Waals surface area contributed by atoms with E-state index < -0.39 is 0 Å². The SMILES string of the molecule is O=[N+]([O-])c1ccc(Br)cc1CN1CCC[C@@H]1CO. The van der Waals surface area contributed by atoms with Crippen molar-refractivity contribution in [3.8, 4) is 0 Å². The van der Waals surface area contributed by atoms with Gasteiger partial charge in [0.15, 0.2) is 0 Å². The van der Waals surface area contributed by atoms with Gasteiger partial charge in [0.05, 0.1) is 11.5 Å². The van der Waals surface area contributed by atoms with E-state index in [-0.39, 0.29) is 23.3 Å². The molecule has 18 heavy (non-hydrogen) atoms. The number of rotatable bonds is 4. The molecule has 1 aromatic carbocycles. The molecule has 0 aromatic heterocycles. The topological polar surface area (TPSA) is 66.6 Å². The van der Waals surface area contributed by atoms with Crippen LogP contribution in [0.25, 0.3) is 0 Å². The molecule has 1 N–H and O–H groups in total.